The second-order valence-corrected chi connectivity index (χ2v) is 19.1. The average Bonchev–Trinajstić information content (AvgIpc) is 3.41. The summed E-state index contributed by atoms with van der Waals surface area (Å²) in [5.74, 6) is -1.09. The SMILES string of the molecule is CC/C=C\C/C=C\C/C=C\C/C=C\C/C=C\CCCCCCCCCCCCCC(=O)OCC(COC(=O)CCCCCCC/C=C\C/C=C\C/C=C\CC)OC(=O)C/C=C\C/C=C\C/C=C\C/C=C\C/C=C\CC. The molecule has 0 aromatic carbocycles. The fourth-order valence-corrected chi connectivity index (χ4v) is 7.68. The summed E-state index contributed by atoms with van der Waals surface area (Å²) in [5, 5.41) is 0. The van der Waals surface area contributed by atoms with E-state index < -0.39 is 12.1 Å². The normalized spacial score (nSPS) is 13.3. The van der Waals surface area contributed by atoms with Crippen LogP contribution in [-0.2, 0) is 28.6 Å². The third-order valence-electron chi connectivity index (χ3n) is 12.0. The van der Waals surface area contributed by atoms with Crippen LogP contribution in [0.15, 0.2) is 158 Å². The summed E-state index contributed by atoms with van der Waals surface area (Å²) >= 11 is 0. The molecule has 1 atom stereocenters. The van der Waals surface area contributed by atoms with Crippen LogP contribution in [0.5, 0.6) is 0 Å². The molecule has 0 saturated carbocycles. The van der Waals surface area contributed by atoms with Crippen molar-refractivity contribution in [3.63, 3.8) is 0 Å². The first-order valence-electron chi connectivity index (χ1n) is 30.0. The van der Waals surface area contributed by atoms with Crippen molar-refractivity contribution >= 4 is 17.9 Å². The largest absolute Gasteiger partial charge is 0.462 e. The first-order chi connectivity index (χ1) is 37.0. The number of allylic oxidation sites excluding steroid dienone is 25. The van der Waals surface area contributed by atoms with E-state index in [-0.39, 0.29) is 31.6 Å². The summed E-state index contributed by atoms with van der Waals surface area (Å²) in [4.78, 5) is 38.1. The van der Waals surface area contributed by atoms with Crippen molar-refractivity contribution in [2.24, 2.45) is 0 Å². The van der Waals surface area contributed by atoms with Crippen molar-refractivity contribution in [2.45, 2.75) is 245 Å². The van der Waals surface area contributed by atoms with E-state index in [0.717, 1.165) is 135 Å². The molecule has 0 aliphatic rings. The number of carbonyl (C=O) groups excluding carboxylic acids is 3. The maximum absolute atomic E-state index is 12.8. The zero-order valence-corrected chi connectivity index (χ0v) is 48.0. The highest BCUT2D eigenvalue weighted by atomic mass is 16.6. The lowest BCUT2D eigenvalue weighted by molar-refractivity contribution is -0.166. The van der Waals surface area contributed by atoms with Gasteiger partial charge in [-0.1, -0.05) is 256 Å². The Bertz CT molecular complexity index is 1710. The molecule has 0 amide bonds. The predicted octanol–water partition coefficient (Wildman–Crippen LogP) is 20.5. The molecular formula is C69H108O6. The molecule has 6 nitrogen and oxygen atoms in total. The van der Waals surface area contributed by atoms with Gasteiger partial charge < -0.3 is 14.2 Å². The molecule has 0 aliphatic carbocycles. The van der Waals surface area contributed by atoms with Crippen molar-refractivity contribution in [3.05, 3.63) is 158 Å². The van der Waals surface area contributed by atoms with Crippen LogP contribution >= 0.6 is 0 Å². The standard InChI is InChI=1S/C69H108O6/c1-4-7-10-13-16-19-22-25-28-29-30-31-32-33-34-35-36-37-38-39-42-44-47-50-53-56-59-62-68(71)74-65-66(75-69(72)63-60-57-54-51-48-45-41-27-24-21-18-15-12-9-6-3)64-73-67(70)61-58-55-52-49-46-43-40-26-23-20-17-14-11-8-5-2/h7-12,16-21,25-28,30-31,33-34,40-41,48,51,57,60,66H,4-6,13-15,22-24,29,32,35-39,42-47,49-50,52-56,58-59,61-65H2,1-3H3/b10-7-,11-8-,12-9-,19-16-,20-17-,21-18-,28-25-,31-30-,34-33-,40-26-,41-27-,51-48-,60-57-. The monoisotopic (exact) mass is 1030 g/mol. The van der Waals surface area contributed by atoms with Gasteiger partial charge in [-0.3, -0.25) is 14.4 Å². The van der Waals surface area contributed by atoms with E-state index >= 15 is 0 Å². The number of hydrogen-bond donors (Lipinski definition) is 0. The molecule has 0 radical (unpaired) electrons. The lowest BCUT2D eigenvalue weighted by Gasteiger charge is -2.18. The van der Waals surface area contributed by atoms with Crippen LogP contribution in [-0.4, -0.2) is 37.2 Å². The van der Waals surface area contributed by atoms with E-state index in [1.807, 2.05) is 6.08 Å². The van der Waals surface area contributed by atoms with Crippen LogP contribution < -0.4 is 0 Å². The summed E-state index contributed by atoms with van der Waals surface area (Å²) in [7, 11) is 0. The molecule has 0 bridgehead atoms. The molecule has 420 valence electrons. The Kier molecular flexibility index (Phi) is 57.5. The minimum absolute atomic E-state index is 0.0854. The molecule has 0 heterocycles. The molecule has 0 aromatic rings. The van der Waals surface area contributed by atoms with Gasteiger partial charge in [-0.25, -0.2) is 0 Å². The van der Waals surface area contributed by atoms with Gasteiger partial charge in [-0.2, -0.15) is 0 Å². The molecule has 6 heteroatoms. The van der Waals surface area contributed by atoms with Crippen molar-refractivity contribution in [1.82, 2.24) is 0 Å². The van der Waals surface area contributed by atoms with Gasteiger partial charge in [-0.05, 0) is 122 Å². The van der Waals surface area contributed by atoms with Crippen LogP contribution in [0.1, 0.15) is 239 Å². The number of unbranched alkanes of at least 4 members (excludes halogenated alkanes) is 16. The zero-order valence-electron chi connectivity index (χ0n) is 48.0. The Labute approximate surface area is 460 Å². The summed E-state index contributed by atoms with van der Waals surface area (Å²) in [6.45, 7) is 6.19. The van der Waals surface area contributed by atoms with Crippen molar-refractivity contribution < 1.29 is 28.6 Å². The van der Waals surface area contributed by atoms with Crippen LogP contribution in [0.2, 0.25) is 0 Å². The fourth-order valence-electron chi connectivity index (χ4n) is 7.68. The molecule has 1 unspecified atom stereocenters. The maximum atomic E-state index is 12.8. The second kappa shape index (κ2) is 61.6. The van der Waals surface area contributed by atoms with Gasteiger partial charge in [0.1, 0.15) is 13.2 Å². The third-order valence-corrected chi connectivity index (χ3v) is 12.0. The summed E-state index contributed by atoms with van der Waals surface area (Å²) in [6.07, 6.45) is 89.8. The highest BCUT2D eigenvalue weighted by Gasteiger charge is 2.19. The first kappa shape index (κ1) is 70.0. The van der Waals surface area contributed by atoms with Crippen LogP contribution in [0.25, 0.3) is 0 Å². The van der Waals surface area contributed by atoms with Gasteiger partial charge in [0.15, 0.2) is 6.10 Å². The Hall–Kier alpha value is -4.97. The topological polar surface area (TPSA) is 78.9 Å². The molecule has 0 spiro atoms. The van der Waals surface area contributed by atoms with Crippen molar-refractivity contribution in [3.8, 4) is 0 Å². The van der Waals surface area contributed by atoms with E-state index in [0.29, 0.717) is 19.3 Å². The highest BCUT2D eigenvalue weighted by molar-refractivity contribution is 5.72. The van der Waals surface area contributed by atoms with E-state index in [2.05, 4.69) is 167 Å². The number of carbonyl (C=O) groups is 3. The smallest absolute Gasteiger partial charge is 0.310 e. The minimum atomic E-state index is -0.849. The second-order valence-electron chi connectivity index (χ2n) is 19.1. The molecule has 0 saturated heterocycles. The number of ether oxygens (including phenoxy) is 3. The molecule has 0 aliphatic heterocycles. The van der Waals surface area contributed by atoms with E-state index in [1.165, 1.54) is 57.8 Å². The number of rotatable bonds is 52. The average molecular weight is 1030 g/mol. The lowest BCUT2D eigenvalue weighted by Crippen LogP contribution is -2.30. The number of hydrogen-bond acceptors (Lipinski definition) is 6. The van der Waals surface area contributed by atoms with Gasteiger partial charge in [0.2, 0.25) is 0 Å². The summed E-state index contributed by atoms with van der Waals surface area (Å²) in [6, 6.07) is 0. The maximum Gasteiger partial charge on any atom is 0.310 e. The zero-order chi connectivity index (χ0) is 54.3. The Morgan fingerprint density at radius 3 is 0.813 bits per heavy atom. The third kappa shape index (κ3) is 59.8. The quantitative estimate of drug-likeness (QED) is 0.0261. The highest BCUT2D eigenvalue weighted by Crippen LogP contribution is 2.14. The first-order valence-corrected chi connectivity index (χ1v) is 30.0. The van der Waals surface area contributed by atoms with Gasteiger partial charge in [0.05, 0.1) is 6.42 Å². The minimum Gasteiger partial charge on any atom is -0.462 e. The molecular weight excluding hydrogens is 925 g/mol. The van der Waals surface area contributed by atoms with Crippen LogP contribution in [0, 0.1) is 0 Å². The van der Waals surface area contributed by atoms with Crippen LogP contribution in [0.3, 0.4) is 0 Å². The van der Waals surface area contributed by atoms with Crippen LogP contribution in [0.4, 0.5) is 0 Å². The fraction of sp³-hybridized carbons (Fsp3) is 0.580. The van der Waals surface area contributed by atoms with Gasteiger partial charge in [-0.15, -0.1) is 0 Å². The number of esters is 3. The molecule has 0 aromatic heterocycles. The van der Waals surface area contributed by atoms with E-state index in [1.54, 1.807) is 6.08 Å². The Balaban J connectivity index is 4.42. The molecule has 75 heavy (non-hydrogen) atoms. The lowest BCUT2D eigenvalue weighted by atomic mass is 10.0. The molecule has 0 N–H and O–H groups in total. The predicted molar refractivity (Wildman–Crippen MR) is 325 cm³/mol. The van der Waals surface area contributed by atoms with E-state index in [4.69, 9.17) is 14.2 Å². The molecule has 0 rings (SSSR count). The molecule has 0 fully saturated rings. The Morgan fingerprint density at radius 1 is 0.280 bits per heavy atom. The van der Waals surface area contributed by atoms with Crippen molar-refractivity contribution in [1.29, 1.82) is 0 Å². The summed E-state index contributed by atoms with van der Waals surface area (Å²) in [5.41, 5.74) is 0. The van der Waals surface area contributed by atoms with Crippen molar-refractivity contribution in [2.75, 3.05) is 13.2 Å². The van der Waals surface area contributed by atoms with Gasteiger partial charge in [0, 0.05) is 12.8 Å². The van der Waals surface area contributed by atoms with E-state index in [9.17, 15) is 14.4 Å². The van der Waals surface area contributed by atoms with Gasteiger partial charge in [0.25, 0.3) is 0 Å². The Morgan fingerprint density at radius 2 is 0.520 bits per heavy atom. The van der Waals surface area contributed by atoms with Gasteiger partial charge >= 0.3 is 17.9 Å². The summed E-state index contributed by atoms with van der Waals surface area (Å²) < 4.78 is 16.7.